The molecule has 1 saturated heterocycles. The lowest BCUT2D eigenvalue weighted by molar-refractivity contribution is 0.0651. The van der Waals surface area contributed by atoms with Gasteiger partial charge in [-0.2, -0.15) is 0 Å². The minimum absolute atomic E-state index is 0.0119. The zero-order valence-corrected chi connectivity index (χ0v) is 10.2. The second-order valence-electron chi connectivity index (χ2n) is 5.06. The Balaban J connectivity index is 2.22. The minimum Gasteiger partial charge on any atom is -0.333 e. The van der Waals surface area contributed by atoms with Crippen LogP contribution in [-0.2, 0) is 0 Å². The zero-order chi connectivity index (χ0) is 11.8. The topological polar surface area (TPSA) is 33.2 Å². The van der Waals surface area contributed by atoms with Crippen LogP contribution in [0.3, 0.4) is 0 Å². The van der Waals surface area contributed by atoms with Crippen LogP contribution in [0, 0.1) is 6.92 Å². The Morgan fingerprint density at radius 3 is 2.69 bits per heavy atom. The first-order chi connectivity index (χ1) is 7.50. The number of carbonyl (C=O) groups is 1. The van der Waals surface area contributed by atoms with Crippen molar-refractivity contribution < 1.29 is 4.79 Å². The lowest BCUT2D eigenvalue weighted by Gasteiger charge is -2.31. The van der Waals surface area contributed by atoms with Gasteiger partial charge in [0, 0.05) is 24.0 Å². The molecule has 16 heavy (non-hydrogen) atoms. The monoisotopic (exact) mass is 218 g/mol. The molecule has 0 radical (unpaired) electrons. The summed E-state index contributed by atoms with van der Waals surface area (Å²) in [5.41, 5.74) is 1.62. The van der Waals surface area contributed by atoms with Crippen LogP contribution in [-0.4, -0.2) is 27.9 Å². The van der Waals surface area contributed by atoms with E-state index < -0.39 is 0 Å². The highest BCUT2D eigenvalue weighted by atomic mass is 16.2. The van der Waals surface area contributed by atoms with Crippen LogP contribution < -0.4 is 0 Å². The molecule has 3 heteroatoms. The molecule has 2 heterocycles. The van der Waals surface area contributed by atoms with Gasteiger partial charge in [0.05, 0.1) is 5.56 Å². The van der Waals surface area contributed by atoms with Crippen molar-refractivity contribution in [3.8, 4) is 0 Å². The van der Waals surface area contributed by atoms with Crippen LogP contribution in [0.25, 0.3) is 0 Å². The molecular formula is C13H18N2O. The van der Waals surface area contributed by atoms with Crippen LogP contribution in [0.15, 0.2) is 18.3 Å². The van der Waals surface area contributed by atoms with Crippen LogP contribution in [0.1, 0.15) is 42.7 Å². The number of hydrogen-bond donors (Lipinski definition) is 0. The normalized spacial score (nSPS) is 18.8. The van der Waals surface area contributed by atoms with Gasteiger partial charge in [-0.15, -0.1) is 0 Å². The average Bonchev–Trinajstić information content (AvgIpc) is 2.58. The quantitative estimate of drug-likeness (QED) is 0.725. The van der Waals surface area contributed by atoms with Crippen molar-refractivity contribution in [2.75, 3.05) is 6.54 Å². The van der Waals surface area contributed by atoms with Gasteiger partial charge in [0.15, 0.2) is 0 Å². The molecule has 0 saturated carbocycles. The zero-order valence-electron chi connectivity index (χ0n) is 10.2. The second kappa shape index (κ2) is 3.89. The van der Waals surface area contributed by atoms with Gasteiger partial charge in [-0.05, 0) is 45.7 Å². The highest BCUT2D eigenvalue weighted by Gasteiger charge is 2.35. The first-order valence-corrected chi connectivity index (χ1v) is 5.75. The van der Waals surface area contributed by atoms with Crippen LogP contribution >= 0.6 is 0 Å². The van der Waals surface area contributed by atoms with Crippen LogP contribution in [0.4, 0.5) is 0 Å². The van der Waals surface area contributed by atoms with Gasteiger partial charge in [-0.3, -0.25) is 9.78 Å². The number of nitrogens with zero attached hydrogens (tertiary/aromatic N) is 2. The summed E-state index contributed by atoms with van der Waals surface area (Å²) in [6, 6.07) is 3.75. The Hall–Kier alpha value is -1.38. The maximum absolute atomic E-state index is 12.3. The predicted octanol–water partition coefficient (Wildman–Crippen LogP) is 2.40. The number of aryl methyl sites for hydroxylation is 1. The van der Waals surface area contributed by atoms with E-state index in [4.69, 9.17) is 0 Å². The van der Waals surface area contributed by atoms with E-state index in [1.807, 2.05) is 24.0 Å². The standard InChI is InChI=1S/C13H18N2O/c1-10-5-6-11(9-14-10)12(16)15-8-4-7-13(15,2)3/h5-6,9H,4,7-8H2,1-3H3. The van der Waals surface area contributed by atoms with E-state index in [1.165, 1.54) is 0 Å². The van der Waals surface area contributed by atoms with E-state index in [1.54, 1.807) is 6.20 Å². The Morgan fingerprint density at radius 1 is 1.44 bits per heavy atom. The molecule has 1 aromatic heterocycles. The third-order valence-electron chi connectivity index (χ3n) is 3.30. The molecule has 1 amide bonds. The van der Waals surface area contributed by atoms with E-state index in [0.717, 1.165) is 25.1 Å². The van der Waals surface area contributed by atoms with Gasteiger partial charge >= 0.3 is 0 Å². The third-order valence-corrected chi connectivity index (χ3v) is 3.30. The van der Waals surface area contributed by atoms with Crippen molar-refractivity contribution in [3.63, 3.8) is 0 Å². The highest BCUT2D eigenvalue weighted by molar-refractivity contribution is 5.94. The fraction of sp³-hybridized carbons (Fsp3) is 0.538. The number of hydrogen-bond acceptors (Lipinski definition) is 2. The summed E-state index contributed by atoms with van der Waals surface area (Å²) in [6.07, 6.45) is 3.85. The lowest BCUT2D eigenvalue weighted by Crippen LogP contribution is -2.42. The smallest absolute Gasteiger partial charge is 0.255 e. The first-order valence-electron chi connectivity index (χ1n) is 5.75. The van der Waals surface area contributed by atoms with Crippen LogP contribution in [0.5, 0.6) is 0 Å². The van der Waals surface area contributed by atoms with Crippen molar-refractivity contribution in [2.24, 2.45) is 0 Å². The molecule has 0 aliphatic carbocycles. The SMILES string of the molecule is Cc1ccc(C(=O)N2CCCC2(C)C)cn1. The molecule has 2 rings (SSSR count). The van der Waals surface area contributed by atoms with Gasteiger partial charge in [-0.1, -0.05) is 0 Å². The fourth-order valence-corrected chi connectivity index (χ4v) is 2.23. The summed E-state index contributed by atoms with van der Waals surface area (Å²) in [7, 11) is 0. The highest BCUT2D eigenvalue weighted by Crippen LogP contribution is 2.29. The summed E-state index contributed by atoms with van der Waals surface area (Å²) in [5.74, 6) is 0.106. The molecule has 86 valence electrons. The Kier molecular flexibility index (Phi) is 2.70. The molecule has 1 fully saturated rings. The van der Waals surface area contributed by atoms with E-state index in [9.17, 15) is 4.79 Å². The molecule has 0 unspecified atom stereocenters. The lowest BCUT2D eigenvalue weighted by atomic mass is 10.0. The summed E-state index contributed by atoms with van der Waals surface area (Å²) < 4.78 is 0. The molecule has 0 atom stereocenters. The van der Waals surface area contributed by atoms with Gasteiger partial charge in [0.2, 0.25) is 0 Å². The molecule has 1 aromatic rings. The second-order valence-corrected chi connectivity index (χ2v) is 5.06. The number of carbonyl (C=O) groups excluding carboxylic acids is 1. The maximum atomic E-state index is 12.3. The summed E-state index contributed by atoms with van der Waals surface area (Å²) in [4.78, 5) is 18.4. The van der Waals surface area contributed by atoms with Crippen molar-refractivity contribution in [3.05, 3.63) is 29.6 Å². The van der Waals surface area contributed by atoms with Gasteiger partial charge in [-0.25, -0.2) is 0 Å². The number of aromatic nitrogens is 1. The van der Waals surface area contributed by atoms with Gasteiger partial charge < -0.3 is 4.90 Å². The molecule has 3 nitrogen and oxygen atoms in total. The van der Waals surface area contributed by atoms with E-state index in [2.05, 4.69) is 18.8 Å². The molecule has 0 bridgehead atoms. The molecule has 0 spiro atoms. The Morgan fingerprint density at radius 2 is 2.19 bits per heavy atom. The molecule has 0 N–H and O–H groups in total. The maximum Gasteiger partial charge on any atom is 0.255 e. The van der Waals surface area contributed by atoms with E-state index >= 15 is 0 Å². The minimum atomic E-state index is -0.0119. The van der Waals surface area contributed by atoms with Gasteiger partial charge in [0.25, 0.3) is 5.91 Å². The van der Waals surface area contributed by atoms with E-state index in [0.29, 0.717) is 5.56 Å². The molecule has 0 aromatic carbocycles. The molecule has 1 aliphatic rings. The Bertz CT molecular complexity index is 395. The number of amides is 1. The average molecular weight is 218 g/mol. The van der Waals surface area contributed by atoms with Crippen molar-refractivity contribution in [1.29, 1.82) is 0 Å². The van der Waals surface area contributed by atoms with Gasteiger partial charge in [0.1, 0.15) is 0 Å². The predicted molar refractivity (Wildman–Crippen MR) is 63.3 cm³/mol. The third kappa shape index (κ3) is 1.94. The summed E-state index contributed by atoms with van der Waals surface area (Å²) in [5, 5.41) is 0. The van der Waals surface area contributed by atoms with Crippen molar-refractivity contribution in [2.45, 2.75) is 39.2 Å². The largest absolute Gasteiger partial charge is 0.333 e. The molecule has 1 aliphatic heterocycles. The fourth-order valence-electron chi connectivity index (χ4n) is 2.23. The Labute approximate surface area is 96.5 Å². The summed E-state index contributed by atoms with van der Waals surface area (Å²) >= 11 is 0. The van der Waals surface area contributed by atoms with Crippen molar-refractivity contribution >= 4 is 5.91 Å². The number of rotatable bonds is 1. The number of pyridine rings is 1. The van der Waals surface area contributed by atoms with Crippen molar-refractivity contribution in [1.82, 2.24) is 9.88 Å². The number of likely N-dealkylation sites (tertiary alicyclic amines) is 1. The van der Waals surface area contributed by atoms with E-state index in [-0.39, 0.29) is 11.4 Å². The van der Waals surface area contributed by atoms with Crippen LogP contribution in [0.2, 0.25) is 0 Å². The summed E-state index contributed by atoms with van der Waals surface area (Å²) in [6.45, 7) is 7.03. The first kappa shape index (κ1) is 11.1. The molecular weight excluding hydrogens is 200 g/mol.